The molecule has 10 heteroatoms. The Hall–Kier alpha value is -3.30. The summed E-state index contributed by atoms with van der Waals surface area (Å²) in [5, 5.41) is 3.40. The van der Waals surface area contributed by atoms with Crippen LogP contribution in [0.1, 0.15) is 29.1 Å². The van der Waals surface area contributed by atoms with E-state index in [-0.39, 0.29) is 18.5 Å². The van der Waals surface area contributed by atoms with E-state index >= 15 is 0 Å². The molecule has 0 bridgehead atoms. The van der Waals surface area contributed by atoms with Crippen LogP contribution in [0.15, 0.2) is 58.3 Å². The first-order chi connectivity index (χ1) is 16.4. The molecule has 1 saturated heterocycles. The second kappa shape index (κ2) is 10.3. The van der Waals surface area contributed by atoms with Crippen molar-refractivity contribution in [3.8, 4) is 0 Å². The number of hydrogen-bond donors (Lipinski definition) is 1. The second-order valence-corrected chi connectivity index (χ2v) is 8.56. The van der Waals surface area contributed by atoms with Crippen molar-refractivity contribution >= 4 is 29.5 Å². The molecule has 1 N–H and O–H groups in total. The van der Waals surface area contributed by atoms with Crippen LogP contribution in [0.3, 0.4) is 0 Å². The minimum Gasteiger partial charge on any atom is -0.463 e. The molecule has 3 amide bonds. The lowest BCUT2D eigenvalue weighted by atomic mass is 9.94. The van der Waals surface area contributed by atoms with Crippen molar-refractivity contribution in [3.63, 3.8) is 0 Å². The second-order valence-electron chi connectivity index (χ2n) is 8.12. The molecule has 180 valence electrons. The maximum absolute atomic E-state index is 13.1. The fraction of sp³-hybridized carbons (Fsp3) is 0.375. The summed E-state index contributed by atoms with van der Waals surface area (Å²) >= 11 is 6.18. The number of likely N-dealkylation sites (N-methyl/N-ethyl adjacent to an activating group) is 1. The molecule has 4 rings (SSSR count). The summed E-state index contributed by atoms with van der Waals surface area (Å²) in [6.07, 6.45) is 1.48. The Morgan fingerprint density at radius 2 is 1.94 bits per heavy atom. The van der Waals surface area contributed by atoms with E-state index in [1.807, 2.05) is 6.07 Å². The van der Waals surface area contributed by atoms with Gasteiger partial charge in [-0.1, -0.05) is 23.7 Å². The van der Waals surface area contributed by atoms with Crippen LogP contribution in [-0.2, 0) is 9.53 Å². The Morgan fingerprint density at radius 3 is 2.59 bits per heavy atom. The van der Waals surface area contributed by atoms with Crippen molar-refractivity contribution in [2.45, 2.75) is 13.0 Å². The number of carbonyl (C=O) groups is 3. The molecule has 1 atom stereocenters. The predicted molar refractivity (Wildman–Crippen MR) is 125 cm³/mol. The number of nitrogens with one attached hydrogen (secondary N) is 1. The van der Waals surface area contributed by atoms with Crippen molar-refractivity contribution in [1.29, 1.82) is 0 Å². The molecule has 2 aromatic rings. The zero-order valence-electron chi connectivity index (χ0n) is 19.1. The van der Waals surface area contributed by atoms with Crippen molar-refractivity contribution in [2.24, 2.45) is 0 Å². The minimum absolute atomic E-state index is 0.147. The molecule has 9 nitrogen and oxygen atoms in total. The summed E-state index contributed by atoms with van der Waals surface area (Å²) in [5.41, 5.74) is 1.64. The van der Waals surface area contributed by atoms with E-state index in [1.165, 1.54) is 11.2 Å². The lowest BCUT2D eigenvalue weighted by Crippen LogP contribution is -2.53. The highest BCUT2D eigenvalue weighted by molar-refractivity contribution is 6.30. The molecule has 3 heterocycles. The smallest absolute Gasteiger partial charge is 0.338 e. The highest BCUT2D eigenvalue weighted by atomic mass is 35.5. The van der Waals surface area contributed by atoms with Gasteiger partial charge in [0.25, 0.3) is 5.91 Å². The highest BCUT2D eigenvalue weighted by Gasteiger charge is 2.38. The van der Waals surface area contributed by atoms with E-state index in [0.29, 0.717) is 60.3 Å². The highest BCUT2D eigenvalue weighted by Crippen LogP contribution is 2.32. The molecule has 0 spiro atoms. The average Bonchev–Trinajstić information content (AvgIpc) is 3.37. The fourth-order valence-electron chi connectivity index (χ4n) is 4.21. The van der Waals surface area contributed by atoms with Crippen LogP contribution in [0, 0.1) is 0 Å². The van der Waals surface area contributed by atoms with Crippen LogP contribution >= 0.6 is 11.6 Å². The van der Waals surface area contributed by atoms with Crippen LogP contribution in [-0.4, -0.2) is 79.0 Å². The number of benzene rings is 1. The maximum Gasteiger partial charge on any atom is 0.338 e. The van der Waals surface area contributed by atoms with Gasteiger partial charge in [0.1, 0.15) is 0 Å². The Bertz CT molecular complexity index is 1090. The lowest BCUT2D eigenvalue weighted by Gasteiger charge is -2.39. The number of nitrogens with zero attached hydrogens (tertiary/aromatic N) is 3. The molecule has 0 radical (unpaired) electrons. The number of amides is 3. The molecule has 1 fully saturated rings. The molecular formula is C24H27ClN4O5. The molecule has 2 aliphatic heterocycles. The number of halogens is 1. The first kappa shape index (κ1) is 23.8. The molecule has 0 unspecified atom stereocenters. The molecule has 2 aliphatic rings. The monoisotopic (exact) mass is 486 g/mol. The largest absolute Gasteiger partial charge is 0.463 e. The van der Waals surface area contributed by atoms with Crippen LogP contribution in [0.25, 0.3) is 0 Å². The zero-order valence-corrected chi connectivity index (χ0v) is 19.9. The van der Waals surface area contributed by atoms with E-state index in [0.717, 1.165) is 0 Å². The van der Waals surface area contributed by atoms with Gasteiger partial charge in [0.05, 0.1) is 24.5 Å². The molecular weight excluding hydrogens is 460 g/mol. The summed E-state index contributed by atoms with van der Waals surface area (Å²) in [6, 6.07) is 9.40. The van der Waals surface area contributed by atoms with Crippen molar-refractivity contribution in [1.82, 2.24) is 20.0 Å². The maximum atomic E-state index is 13.1. The van der Waals surface area contributed by atoms with Crippen molar-refractivity contribution in [3.05, 3.63) is 70.3 Å². The first-order valence-electron chi connectivity index (χ1n) is 11.1. The van der Waals surface area contributed by atoms with Crippen LogP contribution in [0.5, 0.6) is 0 Å². The number of carbonyl (C=O) groups excluding carboxylic acids is 3. The minimum atomic E-state index is -0.682. The van der Waals surface area contributed by atoms with E-state index in [9.17, 15) is 14.4 Å². The molecule has 1 aromatic carbocycles. The van der Waals surface area contributed by atoms with Gasteiger partial charge in [0.2, 0.25) is 0 Å². The van der Waals surface area contributed by atoms with Crippen LogP contribution < -0.4 is 5.32 Å². The number of ether oxygens (including phenoxy) is 1. The van der Waals surface area contributed by atoms with E-state index in [4.69, 9.17) is 20.8 Å². The van der Waals surface area contributed by atoms with Gasteiger partial charge in [-0.05, 0) is 36.8 Å². The van der Waals surface area contributed by atoms with Gasteiger partial charge in [-0.3, -0.25) is 14.6 Å². The summed E-state index contributed by atoms with van der Waals surface area (Å²) < 4.78 is 10.6. The number of hydrogen-bond acceptors (Lipinski definition) is 6. The Morgan fingerprint density at radius 1 is 1.18 bits per heavy atom. The topological polar surface area (TPSA) is 95.3 Å². The Kier molecular flexibility index (Phi) is 7.23. The van der Waals surface area contributed by atoms with Gasteiger partial charge in [0.15, 0.2) is 5.76 Å². The third-order valence-corrected chi connectivity index (χ3v) is 6.25. The predicted octanol–water partition coefficient (Wildman–Crippen LogP) is 2.90. The van der Waals surface area contributed by atoms with Crippen molar-refractivity contribution in [2.75, 3.05) is 46.4 Å². The van der Waals surface area contributed by atoms with Gasteiger partial charge < -0.3 is 19.4 Å². The van der Waals surface area contributed by atoms with Gasteiger partial charge in [-0.25, -0.2) is 9.59 Å². The number of piperazine rings is 1. The standard InChI is InChI=1S/C24H27ClN4O5/c1-3-33-23(31)20-18(27(2)24(32)26-21(20)16-6-4-7-17(25)14-16)15-28-9-11-29(12-10-28)22(30)19-8-5-13-34-19/h4-8,13-14,21H,3,9-12,15H2,1-2H3,(H,26,32)/t21-/m1/s1. The van der Waals surface area contributed by atoms with E-state index < -0.39 is 12.0 Å². The summed E-state index contributed by atoms with van der Waals surface area (Å²) in [7, 11) is 1.63. The van der Waals surface area contributed by atoms with Gasteiger partial charge in [-0.15, -0.1) is 0 Å². The number of rotatable bonds is 6. The van der Waals surface area contributed by atoms with Crippen LogP contribution in [0.2, 0.25) is 5.02 Å². The first-order valence-corrected chi connectivity index (χ1v) is 11.5. The Balaban J connectivity index is 1.58. The summed E-state index contributed by atoms with van der Waals surface area (Å²) in [5.74, 6) is -0.318. The van der Waals surface area contributed by atoms with Crippen LogP contribution in [0.4, 0.5) is 4.79 Å². The number of urea groups is 1. The fourth-order valence-corrected chi connectivity index (χ4v) is 4.41. The molecule has 0 aliphatic carbocycles. The zero-order chi connectivity index (χ0) is 24.2. The van der Waals surface area contributed by atoms with Gasteiger partial charge >= 0.3 is 12.0 Å². The Labute approximate surface area is 202 Å². The summed E-state index contributed by atoms with van der Waals surface area (Å²) in [6.45, 7) is 4.50. The lowest BCUT2D eigenvalue weighted by molar-refractivity contribution is -0.139. The molecule has 34 heavy (non-hydrogen) atoms. The average molecular weight is 487 g/mol. The molecule has 1 aromatic heterocycles. The third-order valence-electron chi connectivity index (χ3n) is 6.02. The van der Waals surface area contributed by atoms with Gasteiger partial charge in [0, 0.05) is 50.5 Å². The number of furan rings is 1. The SMILES string of the molecule is CCOC(=O)C1=C(CN2CCN(C(=O)c3ccco3)CC2)N(C)C(=O)N[C@@H]1c1cccc(Cl)c1. The number of esters is 1. The quantitative estimate of drug-likeness (QED) is 0.631. The van der Waals surface area contributed by atoms with E-state index in [1.54, 1.807) is 49.2 Å². The normalized spacial score (nSPS) is 19.3. The third kappa shape index (κ3) is 4.95. The summed E-state index contributed by atoms with van der Waals surface area (Å²) in [4.78, 5) is 43.8. The van der Waals surface area contributed by atoms with E-state index in [2.05, 4.69) is 10.2 Å². The molecule has 0 saturated carbocycles. The van der Waals surface area contributed by atoms with Crippen molar-refractivity contribution < 1.29 is 23.5 Å². The van der Waals surface area contributed by atoms with Gasteiger partial charge in [-0.2, -0.15) is 0 Å².